The van der Waals surface area contributed by atoms with Crippen LogP contribution in [0.15, 0.2) is 18.2 Å². The molecule has 1 fully saturated rings. The average molecular weight is 268 g/mol. The normalized spacial score (nSPS) is 17.2. The average Bonchev–Trinajstić information content (AvgIpc) is 2.61. The van der Waals surface area contributed by atoms with Gasteiger partial charge in [0.2, 0.25) is 0 Å². The van der Waals surface area contributed by atoms with E-state index in [0.29, 0.717) is 17.7 Å². The predicted molar refractivity (Wildman–Crippen MR) is 77.7 cm³/mol. The van der Waals surface area contributed by atoms with Crippen molar-refractivity contribution in [2.24, 2.45) is 0 Å². The van der Waals surface area contributed by atoms with Gasteiger partial charge in [-0.1, -0.05) is 37.3 Å². The van der Waals surface area contributed by atoms with Crippen molar-refractivity contribution in [2.45, 2.75) is 51.5 Å². The van der Waals surface area contributed by atoms with Gasteiger partial charge in [-0.25, -0.2) is 0 Å². The van der Waals surface area contributed by atoms with Crippen molar-refractivity contribution in [1.29, 1.82) is 0 Å². The van der Waals surface area contributed by atoms with Gasteiger partial charge in [0.25, 0.3) is 0 Å². The van der Waals surface area contributed by atoms with Crippen molar-refractivity contribution in [1.82, 2.24) is 0 Å². The van der Waals surface area contributed by atoms with E-state index in [1.165, 1.54) is 38.5 Å². The molecule has 1 aromatic rings. The molecule has 1 aromatic carbocycles. The molecular weight excluding hydrogens is 246 g/mol. The third-order valence-electron chi connectivity index (χ3n) is 3.46. The molecule has 1 aliphatic carbocycles. The van der Waals surface area contributed by atoms with Crippen LogP contribution < -0.4 is 10.1 Å². The SMILES string of the molecule is CCOc1ccc(NC2CCCCCC2)cc1Cl. The van der Waals surface area contributed by atoms with E-state index < -0.39 is 0 Å². The Bertz CT molecular complexity index is 373. The van der Waals surface area contributed by atoms with E-state index in [0.717, 1.165) is 11.4 Å². The lowest BCUT2D eigenvalue weighted by molar-refractivity contribution is 0.340. The summed E-state index contributed by atoms with van der Waals surface area (Å²) in [4.78, 5) is 0. The van der Waals surface area contributed by atoms with Crippen molar-refractivity contribution in [3.63, 3.8) is 0 Å². The highest BCUT2D eigenvalue weighted by Gasteiger charge is 2.12. The molecule has 18 heavy (non-hydrogen) atoms. The highest BCUT2D eigenvalue weighted by Crippen LogP contribution is 2.29. The van der Waals surface area contributed by atoms with Gasteiger partial charge in [-0.05, 0) is 38.0 Å². The third-order valence-corrected chi connectivity index (χ3v) is 3.75. The first-order valence-corrected chi connectivity index (χ1v) is 7.36. The van der Waals surface area contributed by atoms with Gasteiger partial charge in [-0.3, -0.25) is 0 Å². The van der Waals surface area contributed by atoms with Crippen LogP contribution in [0.3, 0.4) is 0 Å². The second-order valence-corrected chi connectivity index (χ2v) is 5.32. The van der Waals surface area contributed by atoms with Crippen molar-refractivity contribution >= 4 is 17.3 Å². The molecule has 1 aliphatic rings. The second kappa shape index (κ2) is 6.89. The predicted octanol–water partition coefficient (Wildman–Crippen LogP) is 4.87. The Balaban J connectivity index is 1.98. The molecule has 0 aliphatic heterocycles. The van der Waals surface area contributed by atoms with Gasteiger partial charge in [0.15, 0.2) is 0 Å². The Labute approximate surface area is 115 Å². The number of hydrogen-bond acceptors (Lipinski definition) is 2. The van der Waals surface area contributed by atoms with Crippen LogP contribution in [-0.4, -0.2) is 12.6 Å². The third kappa shape index (κ3) is 3.81. The fourth-order valence-electron chi connectivity index (χ4n) is 2.52. The van der Waals surface area contributed by atoms with E-state index in [4.69, 9.17) is 16.3 Å². The van der Waals surface area contributed by atoms with Gasteiger partial charge in [0.1, 0.15) is 5.75 Å². The summed E-state index contributed by atoms with van der Waals surface area (Å²) in [6.07, 6.45) is 7.96. The molecule has 2 nitrogen and oxygen atoms in total. The number of ether oxygens (including phenoxy) is 1. The zero-order chi connectivity index (χ0) is 12.8. The minimum absolute atomic E-state index is 0.599. The lowest BCUT2D eigenvalue weighted by Gasteiger charge is -2.18. The molecule has 2 rings (SSSR count). The monoisotopic (exact) mass is 267 g/mol. The Hall–Kier alpha value is -0.890. The molecule has 1 saturated carbocycles. The number of halogens is 1. The van der Waals surface area contributed by atoms with E-state index in [2.05, 4.69) is 11.4 Å². The second-order valence-electron chi connectivity index (χ2n) is 4.91. The van der Waals surface area contributed by atoms with Crippen molar-refractivity contribution in [3.05, 3.63) is 23.2 Å². The van der Waals surface area contributed by atoms with E-state index >= 15 is 0 Å². The molecule has 100 valence electrons. The number of benzene rings is 1. The number of rotatable bonds is 4. The molecular formula is C15H22ClNO. The highest BCUT2D eigenvalue weighted by molar-refractivity contribution is 6.32. The van der Waals surface area contributed by atoms with Crippen LogP contribution in [0.1, 0.15) is 45.4 Å². The summed E-state index contributed by atoms with van der Waals surface area (Å²) in [6, 6.07) is 6.57. The molecule has 0 radical (unpaired) electrons. The number of hydrogen-bond donors (Lipinski definition) is 1. The van der Waals surface area contributed by atoms with E-state index in [1.54, 1.807) is 0 Å². The van der Waals surface area contributed by atoms with Gasteiger partial charge in [-0.15, -0.1) is 0 Å². The molecule has 0 atom stereocenters. The molecule has 3 heteroatoms. The number of anilines is 1. The van der Waals surface area contributed by atoms with Crippen LogP contribution >= 0.6 is 11.6 Å². The van der Waals surface area contributed by atoms with Crippen molar-refractivity contribution < 1.29 is 4.74 Å². The van der Waals surface area contributed by atoms with Crippen LogP contribution in [0.4, 0.5) is 5.69 Å². The topological polar surface area (TPSA) is 21.3 Å². The van der Waals surface area contributed by atoms with E-state index in [-0.39, 0.29) is 0 Å². The summed E-state index contributed by atoms with van der Waals surface area (Å²) >= 11 is 6.19. The lowest BCUT2D eigenvalue weighted by atomic mass is 10.1. The van der Waals surface area contributed by atoms with Gasteiger partial charge in [-0.2, -0.15) is 0 Å². The molecule has 0 saturated heterocycles. The van der Waals surface area contributed by atoms with Crippen LogP contribution in [0.25, 0.3) is 0 Å². The smallest absolute Gasteiger partial charge is 0.138 e. The summed E-state index contributed by atoms with van der Waals surface area (Å²) in [5, 5.41) is 4.28. The summed E-state index contributed by atoms with van der Waals surface area (Å²) in [7, 11) is 0. The molecule has 0 aromatic heterocycles. The zero-order valence-electron chi connectivity index (χ0n) is 11.0. The minimum Gasteiger partial charge on any atom is -0.492 e. The standard InChI is InChI=1S/C15H22ClNO/c1-2-18-15-10-9-13(11-14(15)16)17-12-7-5-3-4-6-8-12/h9-12,17H,2-8H2,1H3. The molecule has 0 amide bonds. The summed E-state index contributed by atoms with van der Waals surface area (Å²) < 4.78 is 5.44. The summed E-state index contributed by atoms with van der Waals surface area (Å²) in [5.41, 5.74) is 1.11. The molecule has 0 unspecified atom stereocenters. The van der Waals surface area contributed by atoms with Crippen LogP contribution in [-0.2, 0) is 0 Å². The zero-order valence-corrected chi connectivity index (χ0v) is 11.8. The van der Waals surface area contributed by atoms with Gasteiger partial charge in [0, 0.05) is 11.7 Å². The van der Waals surface area contributed by atoms with Crippen molar-refractivity contribution in [2.75, 3.05) is 11.9 Å². The first kappa shape index (κ1) is 13.5. The molecule has 0 spiro atoms. The summed E-state index contributed by atoms with van der Waals surface area (Å²) in [5.74, 6) is 0.769. The Kier molecular flexibility index (Phi) is 5.18. The Morgan fingerprint density at radius 2 is 1.94 bits per heavy atom. The van der Waals surface area contributed by atoms with Crippen LogP contribution in [0.2, 0.25) is 5.02 Å². The van der Waals surface area contributed by atoms with E-state index in [9.17, 15) is 0 Å². The maximum atomic E-state index is 6.19. The summed E-state index contributed by atoms with van der Waals surface area (Å²) in [6.45, 7) is 2.61. The molecule has 0 heterocycles. The first-order chi connectivity index (χ1) is 8.79. The first-order valence-electron chi connectivity index (χ1n) is 6.98. The maximum Gasteiger partial charge on any atom is 0.138 e. The Morgan fingerprint density at radius 1 is 1.22 bits per heavy atom. The molecule has 1 N–H and O–H groups in total. The number of nitrogens with one attached hydrogen (secondary N) is 1. The minimum atomic E-state index is 0.599. The fraction of sp³-hybridized carbons (Fsp3) is 0.600. The van der Waals surface area contributed by atoms with Gasteiger partial charge >= 0.3 is 0 Å². The molecule has 0 bridgehead atoms. The lowest BCUT2D eigenvalue weighted by Crippen LogP contribution is -2.18. The van der Waals surface area contributed by atoms with E-state index in [1.807, 2.05) is 19.1 Å². The highest BCUT2D eigenvalue weighted by atomic mass is 35.5. The van der Waals surface area contributed by atoms with Crippen LogP contribution in [0, 0.1) is 0 Å². The van der Waals surface area contributed by atoms with Crippen molar-refractivity contribution in [3.8, 4) is 5.75 Å². The quantitative estimate of drug-likeness (QED) is 0.786. The van der Waals surface area contributed by atoms with Gasteiger partial charge < -0.3 is 10.1 Å². The van der Waals surface area contributed by atoms with Crippen LogP contribution in [0.5, 0.6) is 5.75 Å². The maximum absolute atomic E-state index is 6.19. The van der Waals surface area contributed by atoms with Gasteiger partial charge in [0.05, 0.1) is 11.6 Å². The largest absolute Gasteiger partial charge is 0.492 e. The fourth-order valence-corrected chi connectivity index (χ4v) is 2.76. The Morgan fingerprint density at radius 3 is 2.56 bits per heavy atom.